The van der Waals surface area contributed by atoms with Crippen LogP contribution >= 0.6 is 0 Å². The number of hydrogen-bond acceptors (Lipinski definition) is 4. The van der Waals surface area contributed by atoms with Crippen molar-refractivity contribution < 1.29 is 12.8 Å². The van der Waals surface area contributed by atoms with E-state index in [1.807, 2.05) is 6.92 Å². The summed E-state index contributed by atoms with van der Waals surface area (Å²) < 4.78 is 28.6. The van der Waals surface area contributed by atoms with E-state index in [-0.39, 0.29) is 10.6 Å². The van der Waals surface area contributed by atoms with Crippen LogP contribution in [-0.2, 0) is 16.3 Å². The molecule has 0 aliphatic rings. The van der Waals surface area contributed by atoms with Crippen molar-refractivity contribution in [2.45, 2.75) is 18.4 Å². The van der Waals surface area contributed by atoms with Gasteiger partial charge in [0.05, 0.1) is 11.8 Å². The molecule has 0 atom stereocenters. The Hall–Kier alpha value is -1.82. The lowest BCUT2D eigenvalue weighted by molar-refractivity contribution is 0.575. The number of nitrogens with one attached hydrogen (secondary N) is 1. The van der Waals surface area contributed by atoms with Crippen molar-refractivity contribution in [2.24, 2.45) is 0 Å². The van der Waals surface area contributed by atoms with Crippen molar-refractivity contribution in [2.75, 3.05) is 6.26 Å². The molecule has 0 aromatic carbocycles. The standard InChI is InChI=1S/C12H13NO4S/c1-3-8-7-9(10-5-4-6-17-10)12(13-11(8)14)18(2,15)16/h4-7H,3H2,1-2H3,(H,13,14). The minimum Gasteiger partial charge on any atom is -0.464 e. The van der Waals surface area contributed by atoms with Gasteiger partial charge < -0.3 is 9.40 Å². The van der Waals surface area contributed by atoms with Gasteiger partial charge in [-0.05, 0) is 24.6 Å². The largest absolute Gasteiger partial charge is 0.464 e. The molecule has 0 saturated carbocycles. The molecule has 2 rings (SSSR count). The highest BCUT2D eigenvalue weighted by Gasteiger charge is 2.19. The number of aryl methyl sites for hydroxylation is 1. The van der Waals surface area contributed by atoms with Crippen LogP contribution in [0.1, 0.15) is 12.5 Å². The predicted octanol–water partition coefficient (Wildman–Crippen LogP) is 1.60. The molecule has 0 amide bonds. The van der Waals surface area contributed by atoms with E-state index >= 15 is 0 Å². The summed E-state index contributed by atoms with van der Waals surface area (Å²) in [5, 5.41) is -0.111. The van der Waals surface area contributed by atoms with Crippen LogP contribution in [0, 0.1) is 0 Å². The van der Waals surface area contributed by atoms with E-state index in [4.69, 9.17) is 4.42 Å². The van der Waals surface area contributed by atoms with Crippen LogP contribution in [0.3, 0.4) is 0 Å². The summed E-state index contributed by atoms with van der Waals surface area (Å²) in [6, 6.07) is 4.88. The van der Waals surface area contributed by atoms with Gasteiger partial charge >= 0.3 is 0 Å². The van der Waals surface area contributed by atoms with Gasteiger partial charge in [0, 0.05) is 11.8 Å². The van der Waals surface area contributed by atoms with Crippen LogP contribution in [-0.4, -0.2) is 19.7 Å². The Morgan fingerprint density at radius 1 is 1.39 bits per heavy atom. The normalized spacial score (nSPS) is 11.7. The van der Waals surface area contributed by atoms with Crippen LogP contribution in [0.15, 0.2) is 38.7 Å². The highest BCUT2D eigenvalue weighted by molar-refractivity contribution is 7.90. The highest BCUT2D eigenvalue weighted by Crippen LogP contribution is 2.26. The molecule has 18 heavy (non-hydrogen) atoms. The summed E-state index contributed by atoms with van der Waals surface area (Å²) in [6.07, 6.45) is 3.03. The van der Waals surface area contributed by atoms with Crippen molar-refractivity contribution >= 4 is 9.84 Å². The molecule has 2 aromatic heterocycles. The van der Waals surface area contributed by atoms with Gasteiger partial charge in [0.15, 0.2) is 9.84 Å². The quantitative estimate of drug-likeness (QED) is 0.916. The van der Waals surface area contributed by atoms with E-state index in [0.29, 0.717) is 23.3 Å². The molecule has 0 fully saturated rings. The zero-order chi connectivity index (χ0) is 13.3. The second-order valence-electron chi connectivity index (χ2n) is 3.97. The summed E-state index contributed by atoms with van der Waals surface area (Å²) in [5.74, 6) is 0.418. The van der Waals surface area contributed by atoms with Crippen LogP contribution in [0.5, 0.6) is 0 Å². The van der Waals surface area contributed by atoms with E-state index in [1.54, 1.807) is 18.2 Å². The minimum absolute atomic E-state index is 0.111. The topological polar surface area (TPSA) is 80.1 Å². The number of hydrogen-bond donors (Lipinski definition) is 1. The van der Waals surface area contributed by atoms with Gasteiger partial charge in [-0.25, -0.2) is 8.42 Å². The second kappa shape index (κ2) is 4.45. The van der Waals surface area contributed by atoms with Crippen molar-refractivity contribution in [3.63, 3.8) is 0 Å². The summed E-state index contributed by atoms with van der Waals surface area (Å²) >= 11 is 0. The smallest absolute Gasteiger partial charge is 0.252 e. The maximum atomic E-state index is 11.7. The van der Waals surface area contributed by atoms with Crippen LogP contribution < -0.4 is 5.56 Å². The Labute approximate surface area is 104 Å². The second-order valence-corrected chi connectivity index (χ2v) is 5.92. The fourth-order valence-corrected chi connectivity index (χ4v) is 2.56. The fraction of sp³-hybridized carbons (Fsp3) is 0.250. The number of aromatic nitrogens is 1. The van der Waals surface area contributed by atoms with Crippen molar-refractivity contribution in [3.05, 3.63) is 40.4 Å². The van der Waals surface area contributed by atoms with E-state index in [1.165, 1.54) is 6.26 Å². The molecule has 0 saturated heterocycles. The lowest BCUT2D eigenvalue weighted by atomic mass is 10.1. The monoisotopic (exact) mass is 267 g/mol. The molecule has 0 aliphatic heterocycles. The van der Waals surface area contributed by atoms with Crippen molar-refractivity contribution in [3.8, 4) is 11.3 Å². The number of rotatable bonds is 3. The van der Waals surface area contributed by atoms with Gasteiger partial charge in [0.25, 0.3) is 5.56 Å². The number of H-pyrrole nitrogens is 1. The molecule has 2 heterocycles. The molecule has 0 spiro atoms. The van der Waals surface area contributed by atoms with Crippen molar-refractivity contribution in [1.29, 1.82) is 0 Å². The molecule has 96 valence electrons. The van der Waals surface area contributed by atoms with Gasteiger partial charge in [-0.1, -0.05) is 6.92 Å². The molecule has 0 radical (unpaired) electrons. The summed E-state index contributed by atoms with van der Waals surface area (Å²) in [5.41, 5.74) is 0.529. The molecule has 0 unspecified atom stereocenters. The summed E-state index contributed by atoms with van der Waals surface area (Å²) in [4.78, 5) is 14.1. The van der Waals surface area contributed by atoms with Gasteiger partial charge in [-0.3, -0.25) is 4.79 Å². The molecule has 6 heteroatoms. The van der Waals surface area contributed by atoms with E-state index < -0.39 is 9.84 Å². The van der Waals surface area contributed by atoms with E-state index in [0.717, 1.165) is 6.26 Å². The maximum absolute atomic E-state index is 11.7. The van der Waals surface area contributed by atoms with Crippen molar-refractivity contribution in [1.82, 2.24) is 4.98 Å². The zero-order valence-corrected chi connectivity index (χ0v) is 10.9. The lowest BCUT2D eigenvalue weighted by Crippen LogP contribution is -2.17. The maximum Gasteiger partial charge on any atom is 0.252 e. The van der Waals surface area contributed by atoms with Crippen LogP contribution in [0.25, 0.3) is 11.3 Å². The minimum atomic E-state index is -3.52. The van der Waals surface area contributed by atoms with Crippen LogP contribution in [0.4, 0.5) is 0 Å². The molecular weight excluding hydrogens is 254 g/mol. The Morgan fingerprint density at radius 2 is 2.11 bits per heavy atom. The fourth-order valence-electron chi connectivity index (χ4n) is 1.73. The summed E-state index contributed by atoms with van der Waals surface area (Å²) in [6.45, 7) is 1.83. The number of aromatic amines is 1. The third-order valence-corrected chi connectivity index (χ3v) is 3.68. The third-order valence-electron chi connectivity index (χ3n) is 2.62. The molecule has 2 aromatic rings. The van der Waals surface area contributed by atoms with E-state index in [9.17, 15) is 13.2 Å². The van der Waals surface area contributed by atoms with Gasteiger partial charge in [-0.15, -0.1) is 0 Å². The van der Waals surface area contributed by atoms with Gasteiger partial charge in [-0.2, -0.15) is 0 Å². The Balaban J connectivity index is 2.81. The van der Waals surface area contributed by atoms with Gasteiger partial charge in [0.2, 0.25) is 0 Å². The highest BCUT2D eigenvalue weighted by atomic mass is 32.2. The number of sulfone groups is 1. The molecule has 5 nitrogen and oxygen atoms in total. The molecular formula is C12H13NO4S. The first kappa shape index (κ1) is 12.6. The number of pyridine rings is 1. The SMILES string of the molecule is CCc1cc(-c2ccco2)c(S(C)(=O)=O)[nH]c1=O. The lowest BCUT2D eigenvalue weighted by Gasteiger charge is -2.07. The summed E-state index contributed by atoms with van der Waals surface area (Å²) in [7, 11) is -3.52. The Bertz CT molecular complexity index is 711. The first-order valence-electron chi connectivity index (χ1n) is 5.43. The zero-order valence-electron chi connectivity index (χ0n) is 10.1. The molecule has 0 bridgehead atoms. The molecule has 1 N–H and O–H groups in total. The van der Waals surface area contributed by atoms with Crippen LogP contribution in [0.2, 0.25) is 0 Å². The first-order chi connectivity index (χ1) is 8.43. The van der Waals surface area contributed by atoms with E-state index in [2.05, 4.69) is 4.98 Å². The third kappa shape index (κ3) is 2.24. The predicted molar refractivity (Wildman–Crippen MR) is 67.3 cm³/mol. The molecule has 0 aliphatic carbocycles. The number of furan rings is 1. The average Bonchev–Trinajstić information content (AvgIpc) is 2.81. The average molecular weight is 267 g/mol. The first-order valence-corrected chi connectivity index (χ1v) is 7.32. The Kier molecular flexibility index (Phi) is 3.13. The van der Waals surface area contributed by atoms with Gasteiger partial charge in [0.1, 0.15) is 10.8 Å². The Morgan fingerprint density at radius 3 is 2.61 bits per heavy atom.